The number of amides is 2. The van der Waals surface area contributed by atoms with Gasteiger partial charge >= 0.3 is 0 Å². The number of rotatable bonds is 8. The molecule has 1 aliphatic rings. The van der Waals surface area contributed by atoms with E-state index in [1.165, 1.54) is 12.5 Å². The van der Waals surface area contributed by atoms with Crippen molar-refractivity contribution in [2.75, 3.05) is 13.1 Å². The van der Waals surface area contributed by atoms with E-state index in [4.69, 9.17) is 0 Å². The molecule has 1 fully saturated rings. The van der Waals surface area contributed by atoms with E-state index < -0.39 is 0 Å². The number of aliphatic hydroxyl groups is 1. The van der Waals surface area contributed by atoms with Crippen LogP contribution in [-0.4, -0.2) is 41.0 Å². The zero-order valence-electron chi connectivity index (χ0n) is 17.5. The molecule has 0 saturated carbocycles. The van der Waals surface area contributed by atoms with Crippen LogP contribution in [0, 0.1) is 0 Å². The molecule has 0 radical (unpaired) electrons. The quantitative estimate of drug-likeness (QED) is 0.626. The van der Waals surface area contributed by atoms with Crippen molar-refractivity contribution in [3.8, 4) is 0 Å². The zero-order chi connectivity index (χ0) is 21.3. The van der Waals surface area contributed by atoms with Crippen LogP contribution in [-0.2, 0) is 22.7 Å². The van der Waals surface area contributed by atoms with E-state index in [9.17, 15) is 14.7 Å². The number of aliphatic hydroxyl groups excluding tert-OH is 1. The Hall–Kier alpha value is -2.70. The Morgan fingerprint density at radius 1 is 1.03 bits per heavy atom. The Labute approximate surface area is 178 Å². The maximum atomic E-state index is 12.4. The van der Waals surface area contributed by atoms with Crippen LogP contribution in [0.15, 0.2) is 54.6 Å². The highest BCUT2D eigenvalue weighted by Gasteiger charge is 2.18. The SMILES string of the molecule is CC(=O)NC(CC(=O)NCc1ccc(CN2CCC(O)CC2)cc1)c1ccccc1. The van der Waals surface area contributed by atoms with Crippen LogP contribution in [0.2, 0.25) is 0 Å². The third-order valence-electron chi connectivity index (χ3n) is 5.44. The van der Waals surface area contributed by atoms with Gasteiger partial charge in [0.2, 0.25) is 11.8 Å². The summed E-state index contributed by atoms with van der Waals surface area (Å²) >= 11 is 0. The summed E-state index contributed by atoms with van der Waals surface area (Å²) in [6.45, 7) is 4.65. The molecule has 1 unspecified atom stereocenters. The molecule has 160 valence electrons. The average molecular weight is 410 g/mol. The van der Waals surface area contributed by atoms with Gasteiger partial charge in [0.25, 0.3) is 0 Å². The third kappa shape index (κ3) is 6.97. The second-order valence-corrected chi connectivity index (χ2v) is 7.97. The molecular weight excluding hydrogens is 378 g/mol. The normalized spacial score (nSPS) is 16.1. The van der Waals surface area contributed by atoms with Crippen LogP contribution < -0.4 is 10.6 Å². The summed E-state index contributed by atoms with van der Waals surface area (Å²) < 4.78 is 0. The number of carbonyl (C=O) groups excluding carboxylic acids is 2. The standard InChI is InChI=1S/C24H31N3O3/c1-18(28)26-23(21-5-3-2-4-6-21)15-24(30)25-16-19-7-9-20(10-8-19)17-27-13-11-22(29)12-14-27/h2-10,22-23,29H,11-17H2,1H3,(H,25,30)(H,26,28). The van der Waals surface area contributed by atoms with Gasteiger partial charge in [0, 0.05) is 33.1 Å². The molecule has 2 aromatic carbocycles. The molecule has 1 aliphatic heterocycles. The summed E-state index contributed by atoms with van der Waals surface area (Å²) in [7, 11) is 0. The van der Waals surface area contributed by atoms with Crippen molar-refractivity contribution in [2.45, 2.75) is 51.4 Å². The van der Waals surface area contributed by atoms with Gasteiger partial charge in [-0.15, -0.1) is 0 Å². The van der Waals surface area contributed by atoms with Gasteiger partial charge in [-0.1, -0.05) is 54.6 Å². The fraction of sp³-hybridized carbons (Fsp3) is 0.417. The largest absolute Gasteiger partial charge is 0.393 e. The zero-order valence-corrected chi connectivity index (χ0v) is 17.5. The Kier molecular flexibility index (Phi) is 7.99. The van der Waals surface area contributed by atoms with Crippen LogP contribution in [0.4, 0.5) is 0 Å². The van der Waals surface area contributed by atoms with Gasteiger partial charge in [-0.2, -0.15) is 0 Å². The van der Waals surface area contributed by atoms with Gasteiger partial charge < -0.3 is 15.7 Å². The topological polar surface area (TPSA) is 81.7 Å². The van der Waals surface area contributed by atoms with Crippen molar-refractivity contribution >= 4 is 11.8 Å². The average Bonchev–Trinajstić information content (AvgIpc) is 2.75. The van der Waals surface area contributed by atoms with E-state index >= 15 is 0 Å². The van der Waals surface area contributed by atoms with E-state index in [0.717, 1.165) is 43.6 Å². The molecule has 1 heterocycles. The first-order valence-corrected chi connectivity index (χ1v) is 10.6. The first-order chi connectivity index (χ1) is 14.5. The third-order valence-corrected chi connectivity index (χ3v) is 5.44. The van der Waals surface area contributed by atoms with Crippen molar-refractivity contribution in [2.24, 2.45) is 0 Å². The smallest absolute Gasteiger partial charge is 0.222 e. The van der Waals surface area contributed by atoms with Crippen LogP contribution in [0.5, 0.6) is 0 Å². The molecule has 3 N–H and O–H groups in total. The molecule has 2 aromatic rings. The van der Waals surface area contributed by atoms with Crippen molar-refractivity contribution in [3.63, 3.8) is 0 Å². The van der Waals surface area contributed by atoms with Crippen molar-refractivity contribution < 1.29 is 14.7 Å². The molecule has 1 atom stereocenters. The van der Waals surface area contributed by atoms with Gasteiger partial charge in [-0.3, -0.25) is 14.5 Å². The molecule has 0 bridgehead atoms. The summed E-state index contributed by atoms with van der Waals surface area (Å²) in [6, 6.07) is 17.5. The summed E-state index contributed by atoms with van der Waals surface area (Å²) in [5.74, 6) is -0.260. The van der Waals surface area contributed by atoms with E-state index in [-0.39, 0.29) is 30.4 Å². The fourth-order valence-corrected chi connectivity index (χ4v) is 3.74. The monoisotopic (exact) mass is 409 g/mol. The highest BCUT2D eigenvalue weighted by Crippen LogP contribution is 2.17. The van der Waals surface area contributed by atoms with E-state index in [1.807, 2.05) is 42.5 Å². The Balaban J connectivity index is 1.48. The maximum absolute atomic E-state index is 12.4. The second kappa shape index (κ2) is 10.9. The number of hydrogen-bond acceptors (Lipinski definition) is 4. The number of benzene rings is 2. The highest BCUT2D eigenvalue weighted by molar-refractivity contribution is 5.79. The van der Waals surface area contributed by atoms with Crippen LogP contribution >= 0.6 is 0 Å². The molecule has 6 nitrogen and oxygen atoms in total. The van der Waals surface area contributed by atoms with Gasteiger partial charge in [0.1, 0.15) is 0 Å². The van der Waals surface area contributed by atoms with Gasteiger partial charge in [-0.25, -0.2) is 0 Å². The lowest BCUT2D eigenvalue weighted by atomic mass is 10.0. The van der Waals surface area contributed by atoms with Gasteiger partial charge in [0.05, 0.1) is 18.6 Å². The summed E-state index contributed by atoms with van der Waals surface area (Å²) in [4.78, 5) is 26.3. The summed E-state index contributed by atoms with van der Waals surface area (Å²) in [6.07, 6.45) is 1.72. The number of hydrogen-bond donors (Lipinski definition) is 3. The molecule has 3 rings (SSSR count). The molecule has 6 heteroatoms. The summed E-state index contributed by atoms with van der Waals surface area (Å²) in [5, 5.41) is 15.4. The van der Waals surface area contributed by atoms with Crippen molar-refractivity contribution in [1.82, 2.24) is 15.5 Å². The Morgan fingerprint density at radius 3 is 2.30 bits per heavy atom. The molecule has 30 heavy (non-hydrogen) atoms. The first kappa shape index (κ1) is 22.0. The lowest BCUT2D eigenvalue weighted by molar-refractivity contribution is -0.122. The predicted molar refractivity (Wildman–Crippen MR) is 116 cm³/mol. The fourth-order valence-electron chi connectivity index (χ4n) is 3.74. The van der Waals surface area contributed by atoms with Crippen molar-refractivity contribution in [3.05, 3.63) is 71.3 Å². The predicted octanol–water partition coefficient (Wildman–Crippen LogP) is 2.53. The van der Waals surface area contributed by atoms with Crippen molar-refractivity contribution in [1.29, 1.82) is 0 Å². The summed E-state index contributed by atoms with van der Waals surface area (Å²) in [5.41, 5.74) is 3.19. The minimum Gasteiger partial charge on any atom is -0.393 e. The van der Waals surface area contributed by atoms with Gasteiger partial charge in [0.15, 0.2) is 0 Å². The van der Waals surface area contributed by atoms with E-state index in [2.05, 4.69) is 27.7 Å². The Morgan fingerprint density at radius 2 is 1.67 bits per heavy atom. The number of nitrogens with zero attached hydrogens (tertiary/aromatic N) is 1. The lowest BCUT2D eigenvalue weighted by Crippen LogP contribution is -2.35. The molecular formula is C24H31N3O3. The van der Waals surface area contributed by atoms with Crippen LogP contribution in [0.25, 0.3) is 0 Å². The van der Waals surface area contributed by atoms with Gasteiger partial charge in [-0.05, 0) is 29.5 Å². The van der Waals surface area contributed by atoms with E-state index in [0.29, 0.717) is 6.54 Å². The number of likely N-dealkylation sites (tertiary alicyclic amines) is 1. The Bertz CT molecular complexity index is 815. The first-order valence-electron chi connectivity index (χ1n) is 10.6. The highest BCUT2D eigenvalue weighted by atomic mass is 16.3. The number of nitrogens with one attached hydrogen (secondary N) is 2. The number of piperidine rings is 1. The van der Waals surface area contributed by atoms with E-state index in [1.54, 1.807) is 0 Å². The molecule has 2 amide bonds. The minimum absolute atomic E-state index is 0.103. The maximum Gasteiger partial charge on any atom is 0.222 e. The number of carbonyl (C=O) groups is 2. The van der Waals surface area contributed by atoms with Crippen LogP contribution in [0.3, 0.4) is 0 Å². The molecule has 1 saturated heterocycles. The minimum atomic E-state index is -0.339. The molecule has 0 spiro atoms. The lowest BCUT2D eigenvalue weighted by Gasteiger charge is -2.29. The van der Waals surface area contributed by atoms with Crippen LogP contribution in [0.1, 0.15) is 48.9 Å². The second-order valence-electron chi connectivity index (χ2n) is 7.97. The molecule has 0 aliphatic carbocycles. The molecule has 0 aromatic heterocycles.